The van der Waals surface area contributed by atoms with Crippen LogP contribution in [0.3, 0.4) is 0 Å². The van der Waals surface area contributed by atoms with Crippen LogP contribution in [-0.4, -0.2) is 44.5 Å². The lowest BCUT2D eigenvalue weighted by Crippen LogP contribution is -2.33. The molecule has 0 aliphatic carbocycles. The monoisotopic (exact) mass is 312 g/mol. The zero-order chi connectivity index (χ0) is 13.8. The third-order valence-electron chi connectivity index (χ3n) is 2.31. The molecule has 0 bridgehead atoms. The Morgan fingerprint density at radius 3 is 2.61 bits per heavy atom. The molecular weight excluding hydrogens is 299 g/mol. The Hall–Kier alpha value is -0.400. The number of hydrogen-bond donors (Lipinski definition) is 0. The summed E-state index contributed by atoms with van der Waals surface area (Å²) in [7, 11) is -2.10. The van der Waals surface area contributed by atoms with Crippen molar-refractivity contribution in [1.82, 2.24) is 9.29 Å². The molecule has 0 saturated heterocycles. The third-order valence-corrected chi connectivity index (χ3v) is 4.93. The van der Waals surface area contributed by atoms with Crippen molar-refractivity contribution in [2.75, 3.05) is 26.8 Å². The number of methoxy groups -OCH3 is 1. The van der Waals surface area contributed by atoms with Crippen molar-refractivity contribution in [3.8, 4) is 0 Å². The summed E-state index contributed by atoms with van der Waals surface area (Å²) in [5.41, 5.74) is 0. The van der Waals surface area contributed by atoms with Gasteiger partial charge in [-0.2, -0.15) is 4.31 Å². The van der Waals surface area contributed by atoms with Crippen molar-refractivity contribution >= 4 is 33.2 Å². The molecule has 8 heteroatoms. The zero-order valence-electron chi connectivity index (χ0n) is 10.1. The molecule has 0 aliphatic rings. The first-order valence-electron chi connectivity index (χ1n) is 5.23. The molecule has 1 rings (SSSR count). The van der Waals surface area contributed by atoms with Gasteiger partial charge in [-0.05, 0) is 6.07 Å². The standard InChI is InChI=1S/C10H14Cl2N2O3S/c1-3-14(4-5-17-2)18(15,16)8-6-9(11)10(12)13-7-8/h6-7H,3-5H2,1-2H3. The van der Waals surface area contributed by atoms with E-state index in [9.17, 15) is 8.42 Å². The molecule has 18 heavy (non-hydrogen) atoms. The largest absolute Gasteiger partial charge is 0.383 e. The summed E-state index contributed by atoms with van der Waals surface area (Å²) in [5.74, 6) is 0. The van der Waals surface area contributed by atoms with E-state index in [4.69, 9.17) is 27.9 Å². The van der Waals surface area contributed by atoms with Gasteiger partial charge in [-0.3, -0.25) is 0 Å². The molecule has 0 atom stereocenters. The zero-order valence-corrected chi connectivity index (χ0v) is 12.4. The van der Waals surface area contributed by atoms with Gasteiger partial charge in [0.15, 0.2) is 0 Å². The molecular formula is C10H14Cl2N2O3S. The first-order chi connectivity index (χ1) is 8.43. The molecule has 0 aliphatic heterocycles. The van der Waals surface area contributed by atoms with Gasteiger partial charge in [0, 0.05) is 26.4 Å². The summed E-state index contributed by atoms with van der Waals surface area (Å²) >= 11 is 11.4. The highest BCUT2D eigenvalue weighted by Gasteiger charge is 2.23. The van der Waals surface area contributed by atoms with Crippen LogP contribution in [0.1, 0.15) is 6.92 Å². The van der Waals surface area contributed by atoms with Crippen LogP contribution in [0, 0.1) is 0 Å². The highest BCUT2D eigenvalue weighted by Crippen LogP contribution is 2.24. The molecule has 0 amide bonds. The smallest absolute Gasteiger partial charge is 0.244 e. The van der Waals surface area contributed by atoms with Crippen LogP contribution in [0.5, 0.6) is 0 Å². The maximum Gasteiger partial charge on any atom is 0.244 e. The SMILES string of the molecule is CCN(CCOC)S(=O)(=O)c1cnc(Cl)c(Cl)c1. The molecule has 0 fully saturated rings. The second kappa shape index (κ2) is 6.68. The number of rotatable bonds is 6. The van der Waals surface area contributed by atoms with Crippen LogP contribution >= 0.6 is 23.2 Å². The average molecular weight is 313 g/mol. The topological polar surface area (TPSA) is 59.5 Å². The fourth-order valence-electron chi connectivity index (χ4n) is 1.34. The molecule has 1 heterocycles. The van der Waals surface area contributed by atoms with Gasteiger partial charge in [-0.15, -0.1) is 0 Å². The Balaban J connectivity index is 3.06. The maximum absolute atomic E-state index is 12.3. The number of halogens is 2. The van der Waals surface area contributed by atoms with E-state index in [0.29, 0.717) is 13.2 Å². The molecule has 1 aromatic rings. The number of likely N-dealkylation sites (N-methyl/N-ethyl adjacent to an activating group) is 1. The Morgan fingerprint density at radius 2 is 2.11 bits per heavy atom. The lowest BCUT2D eigenvalue weighted by atomic mass is 10.5. The Morgan fingerprint density at radius 1 is 1.44 bits per heavy atom. The van der Waals surface area contributed by atoms with Gasteiger partial charge in [-0.25, -0.2) is 13.4 Å². The molecule has 0 radical (unpaired) electrons. The quantitative estimate of drug-likeness (QED) is 0.754. The molecule has 0 aromatic carbocycles. The Kier molecular flexibility index (Phi) is 5.81. The van der Waals surface area contributed by atoms with E-state index < -0.39 is 10.0 Å². The van der Waals surface area contributed by atoms with Crippen molar-refractivity contribution in [3.63, 3.8) is 0 Å². The summed E-state index contributed by atoms with van der Waals surface area (Å²) < 4.78 is 30.7. The van der Waals surface area contributed by atoms with Crippen LogP contribution in [0.15, 0.2) is 17.2 Å². The minimum Gasteiger partial charge on any atom is -0.383 e. The predicted octanol–water partition coefficient (Wildman–Crippen LogP) is 2.05. The summed E-state index contributed by atoms with van der Waals surface area (Å²) in [6.07, 6.45) is 1.19. The fourth-order valence-corrected chi connectivity index (χ4v) is 3.08. The number of pyridine rings is 1. The van der Waals surface area contributed by atoms with E-state index in [1.165, 1.54) is 23.7 Å². The fraction of sp³-hybridized carbons (Fsp3) is 0.500. The highest BCUT2D eigenvalue weighted by atomic mass is 35.5. The number of aromatic nitrogens is 1. The molecule has 5 nitrogen and oxygen atoms in total. The number of nitrogens with zero attached hydrogens (tertiary/aromatic N) is 2. The van der Waals surface area contributed by atoms with Gasteiger partial charge >= 0.3 is 0 Å². The maximum atomic E-state index is 12.3. The van der Waals surface area contributed by atoms with E-state index in [1.807, 2.05) is 0 Å². The molecule has 0 saturated carbocycles. The van der Waals surface area contributed by atoms with Gasteiger partial charge in [0.2, 0.25) is 10.0 Å². The first kappa shape index (κ1) is 15.7. The van der Waals surface area contributed by atoms with Crippen molar-refractivity contribution in [1.29, 1.82) is 0 Å². The second-order valence-corrected chi connectivity index (χ2v) is 6.14. The highest BCUT2D eigenvalue weighted by molar-refractivity contribution is 7.89. The molecule has 0 spiro atoms. The van der Waals surface area contributed by atoms with E-state index in [2.05, 4.69) is 4.98 Å². The molecule has 0 unspecified atom stereocenters. The van der Waals surface area contributed by atoms with Crippen molar-refractivity contribution in [3.05, 3.63) is 22.4 Å². The minimum atomic E-state index is -3.61. The van der Waals surface area contributed by atoms with E-state index >= 15 is 0 Å². The second-order valence-electron chi connectivity index (χ2n) is 3.43. The van der Waals surface area contributed by atoms with Gasteiger partial charge in [0.1, 0.15) is 10.0 Å². The molecule has 102 valence electrons. The van der Waals surface area contributed by atoms with Crippen LogP contribution < -0.4 is 0 Å². The van der Waals surface area contributed by atoms with Gasteiger partial charge < -0.3 is 4.74 Å². The summed E-state index contributed by atoms with van der Waals surface area (Å²) in [4.78, 5) is 3.76. The average Bonchev–Trinajstić information content (AvgIpc) is 2.33. The number of ether oxygens (including phenoxy) is 1. The van der Waals surface area contributed by atoms with Crippen molar-refractivity contribution < 1.29 is 13.2 Å². The lowest BCUT2D eigenvalue weighted by Gasteiger charge is -2.19. The summed E-state index contributed by atoms with van der Waals surface area (Å²) in [6, 6.07) is 1.29. The van der Waals surface area contributed by atoms with E-state index in [1.54, 1.807) is 6.92 Å². The van der Waals surface area contributed by atoms with Crippen molar-refractivity contribution in [2.24, 2.45) is 0 Å². The van der Waals surface area contributed by atoms with E-state index in [0.717, 1.165) is 0 Å². The van der Waals surface area contributed by atoms with Crippen LogP contribution in [0.25, 0.3) is 0 Å². The van der Waals surface area contributed by atoms with Gasteiger partial charge in [0.25, 0.3) is 0 Å². The van der Waals surface area contributed by atoms with Crippen molar-refractivity contribution in [2.45, 2.75) is 11.8 Å². The first-order valence-corrected chi connectivity index (χ1v) is 7.43. The number of hydrogen-bond acceptors (Lipinski definition) is 4. The third kappa shape index (κ3) is 3.55. The van der Waals surface area contributed by atoms with Crippen LogP contribution in [-0.2, 0) is 14.8 Å². The van der Waals surface area contributed by atoms with Crippen LogP contribution in [0.4, 0.5) is 0 Å². The predicted molar refractivity (Wildman–Crippen MR) is 70.6 cm³/mol. The minimum absolute atomic E-state index is 0.0230. The molecule has 0 N–H and O–H groups in total. The normalized spacial score (nSPS) is 12.1. The van der Waals surface area contributed by atoms with E-state index in [-0.39, 0.29) is 21.6 Å². The van der Waals surface area contributed by atoms with Crippen LogP contribution in [0.2, 0.25) is 10.2 Å². The Bertz CT molecular complexity index is 508. The van der Waals surface area contributed by atoms with Gasteiger partial charge in [0.05, 0.1) is 11.6 Å². The summed E-state index contributed by atoms with van der Waals surface area (Å²) in [5, 5.41) is 0.191. The molecule has 1 aromatic heterocycles. The Labute approximate surface area is 117 Å². The lowest BCUT2D eigenvalue weighted by molar-refractivity contribution is 0.180. The van der Waals surface area contributed by atoms with Gasteiger partial charge in [-0.1, -0.05) is 30.1 Å². The number of sulfonamides is 1. The summed E-state index contributed by atoms with van der Waals surface area (Å²) in [6.45, 7) is 2.68.